The van der Waals surface area contributed by atoms with E-state index in [9.17, 15) is 0 Å². The Kier molecular flexibility index (Phi) is 3.88. The fourth-order valence-corrected chi connectivity index (χ4v) is 2.52. The predicted octanol–water partition coefficient (Wildman–Crippen LogP) is 3.06. The molecule has 0 unspecified atom stereocenters. The molecular formula is C15H25N5. The topological polar surface area (TPSA) is 61.7 Å². The number of rotatable bonds is 4. The van der Waals surface area contributed by atoms with Gasteiger partial charge in [-0.15, -0.1) is 0 Å². The van der Waals surface area contributed by atoms with Gasteiger partial charge >= 0.3 is 0 Å². The van der Waals surface area contributed by atoms with E-state index in [1.54, 1.807) is 0 Å². The second kappa shape index (κ2) is 5.31. The predicted molar refractivity (Wildman–Crippen MR) is 82.5 cm³/mol. The lowest BCUT2D eigenvalue weighted by molar-refractivity contribution is 0.389. The van der Waals surface area contributed by atoms with Crippen LogP contribution >= 0.6 is 0 Å². The van der Waals surface area contributed by atoms with E-state index in [0.29, 0.717) is 0 Å². The standard InChI is InChI=1S/C15H25N5/c1-6-8-19-10-11(9-17-19)13-14(16)20(15(3,4)5)12(7-2)18-13/h9-10H,6-8,16H2,1-5H3. The number of nitrogens with zero attached hydrogens (tertiary/aromatic N) is 4. The van der Waals surface area contributed by atoms with E-state index in [2.05, 4.69) is 44.3 Å². The normalized spacial score (nSPS) is 12.1. The Balaban J connectivity index is 2.49. The summed E-state index contributed by atoms with van der Waals surface area (Å²) in [5.41, 5.74) is 8.12. The maximum absolute atomic E-state index is 6.34. The zero-order valence-corrected chi connectivity index (χ0v) is 13.1. The fraction of sp³-hybridized carbons (Fsp3) is 0.600. The number of hydrogen-bond acceptors (Lipinski definition) is 3. The van der Waals surface area contributed by atoms with Gasteiger partial charge in [-0.2, -0.15) is 5.10 Å². The quantitative estimate of drug-likeness (QED) is 0.932. The van der Waals surface area contributed by atoms with E-state index in [1.165, 1.54) is 0 Å². The number of imidazole rings is 1. The van der Waals surface area contributed by atoms with Gasteiger partial charge in [-0.3, -0.25) is 4.68 Å². The molecule has 0 aromatic carbocycles. The largest absolute Gasteiger partial charge is 0.383 e. The summed E-state index contributed by atoms with van der Waals surface area (Å²) in [5, 5.41) is 4.36. The highest BCUT2D eigenvalue weighted by molar-refractivity contribution is 5.70. The van der Waals surface area contributed by atoms with E-state index in [4.69, 9.17) is 10.7 Å². The Hall–Kier alpha value is -1.78. The summed E-state index contributed by atoms with van der Waals surface area (Å²) in [6.45, 7) is 11.6. The van der Waals surface area contributed by atoms with Crippen molar-refractivity contribution in [3.63, 3.8) is 0 Å². The van der Waals surface area contributed by atoms with E-state index in [0.717, 1.165) is 42.3 Å². The molecule has 0 bridgehead atoms. The monoisotopic (exact) mass is 275 g/mol. The van der Waals surface area contributed by atoms with Crippen molar-refractivity contribution >= 4 is 5.82 Å². The smallest absolute Gasteiger partial charge is 0.132 e. The van der Waals surface area contributed by atoms with Crippen LogP contribution in [0, 0.1) is 0 Å². The molecule has 2 N–H and O–H groups in total. The van der Waals surface area contributed by atoms with Gasteiger partial charge in [0.1, 0.15) is 17.3 Å². The van der Waals surface area contributed by atoms with Gasteiger partial charge in [0.15, 0.2) is 0 Å². The Morgan fingerprint density at radius 3 is 2.45 bits per heavy atom. The van der Waals surface area contributed by atoms with Crippen LogP contribution in [0.3, 0.4) is 0 Å². The van der Waals surface area contributed by atoms with Crippen LogP contribution in [0.15, 0.2) is 12.4 Å². The lowest BCUT2D eigenvalue weighted by Crippen LogP contribution is -2.25. The van der Waals surface area contributed by atoms with Crippen molar-refractivity contribution in [2.24, 2.45) is 0 Å². The maximum atomic E-state index is 6.34. The van der Waals surface area contributed by atoms with Crippen molar-refractivity contribution < 1.29 is 0 Å². The highest BCUT2D eigenvalue weighted by Gasteiger charge is 2.24. The third kappa shape index (κ3) is 2.57. The molecule has 110 valence electrons. The Labute approximate surface area is 120 Å². The highest BCUT2D eigenvalue weighted by atomic mass is 15.3. The van der Waals surface area contributed by atoms with Crippen molar-refractivity contribution in [2.75, 3.05) is 5.73 Å². The maximum Gasteiger partial charge on any atom is 0.132 e. The van der Waals surface area contributed by atoms with E-state index in [-0.39, 0.29) is 5.54 Å². The number of nitrogen functional groups attached to an aromatic ring is 1. The lowest BCUT2D eigenvalue weighted by Gasteiger charge is -2.24. The molecule has 5 heteroatoms. The summed E-state index contributed by atoms with van der Waals surface area (Å²) in [6.07, 6.45) is 5.80. The molecule has 0 aliphatic heterocycles. The van der Waals surface area contributed by atoms with Crippen LogP contribution in [-0.4, -0.2) is 19.3 Å². The summed E-state index contributed by atoms with van der Waals surface area (Å²) in [7, 11) is 0. The molecular weight excluding hydrogens is 250 g/mol. The van der Waals surface area contributed by atoms with Gasteiger partial charge in [0.2, 0.25) is 0 Å². The zero-order valence-electron chi connectivity index (χ0n) is 13.1. The van der Waals surface area contributed by atoms with Gasteiger partial charge in [-0.1, -0.05) is 13.8 Å². The molecule has 2 heterocycles. The van der Waals surface area contributed by atoms with Crippen molar-refractivity contribution in [1.82, 2.24) is 19.3 Å². The van der Waals surface area contributed by atoms with Crippen LogP contribution < -0.4 is 5.73 Å². The van der Waals surface area contributed by atoms with Gasteiger partial charge in [0.05, 0.1) is 6.20 Å². The number of anilines is 1. The first-order chi connectivity index (χ1) is 9.38. The van der Waals surface area contributed by atoms with Crippen LogP contribution in [0.5, 0.6) is 0 Å². The highest BCUT2D eigenvalue weighted by Crippen LogP contribution is 2.31. The van der Waals surface area contributed by atoms with Gasteiger partial charge in [-0.05, 0) is 27.2 Å². The van der Waals surface area contributed by atoms with Crippen LogP contribution in [0.4, 0.5) is 5.82 Å². The molecule has 2 rings (SSSR count). The van der Waals surface area contributed by atoms with Crippen LogP contribution in [0.25, 0.3) is 11.3 Å². The van der Waals surface area contributed by atoms with Crippen molar-refractivity contribution in [1.29, 1.82) is 0 Å². The molecule has 0 spiro atoms. The van der Waals surface area contributed by atoms with Crippen LogP contribution in [0.1, 0.15) is 46.9 Å². The molecule has 20 heavy (non-hydrogen) atoms. The van der Waals surface area contributed by atoms with E-state index >= 15 is 0 Å². The Morgan fingerprint density at radius 1 is 1.25 bits per heavy atom. The average molecular weight is 275 g/mol. The van der Waals surface area contributed by atoms with Crippen LogP contribution in [-0.2, 0) is 18.5 Å². The molecule has 2 aromatic rings. The Bertz CT molecular complexity index is 586. The number of nitrogens with two attached hydrogens (primary N) is 1. The minimum atomic E-state index is -0.0694. The van der Waals surface area contributed by atoms with E-state index < -0.39 is 0 Å². The first-order valence-corrected chi connectivity index (χ1v) is 7.28. The fourth-order valence-electron chi connectivity index (χ4n) is 2.52. The van der Waals surface area contributed by atoms with Crippen molar-refractivity contribution in [3.8, 4) is 11.3 Å². The first-order valence-electron chi connectivity index (χ1n) is 7.28. The average Bonchev–Trinajstić information content (AvgIpc) is 2.92. The van der Waals surface area contributed by atoms with E-state index in [1.807, 2.05) is 17.1 Å². The van der Waals surface area contributed by atoms with Crippen LogP contribution in [0.2, 0.25) is 0 Å². The molecule has 0 amide bonds. The summed E-state index contributed by atoms with van der Waals surface area (Å²) < 4.78 is 4.07. The minimum absolute atomic E-state index is 0.0694. The molecule has 0 fully saturated rings. The molecule has 0 saturated carbocycles. The molecule has 0 radical (unpaired) electrons. The first kappa shape index (κ1) is 14.6. The molecule has 0 saturated heterocycles. The summed E-state index contributed by atoms with van der Waals surface area (Å²) >= 11 is 0. The Morgan fingerprint density at radius 2 is 1.95 bits per heavy atom. The zero-order chi connectivity index (χ0) is 14.9. The third-order valence-corrected chi connectivity index (χ3v) is 3.33. The number of aromatic nitrogens is 4. The number of aryl methyl sites for hydroxylation is 2. The SMILES string of the molecule is CCCn1cc(-c2nc(CC)n(C(C)(C)C)c2N)cn1. The summed E-state index contributed by atoms with van der Waals surface area (Å²) in [5.74, 6) is 1.75. The summed E-state index contributed by atoms with van der Waals surface area (Å²) in [4.78, 5) is 4.72. The van der Waals surface area contributed by atoms with Gasteiger partial charge in [0.25, 0.3) is 0 Å². The summed E-state index contributed by atoms with van der Waals surface area (Å²) in [6, 6.07) is 0. The molecule has 0 aliphatic rings. The van der Waals surface area contributed by atoms with Gasteiger partial charge < -0.3 is 10.3 Å². The molecule has 0 aliphatic carbocycles. The third-order valence-electron chi connectivity index (χ3n) is 3.33. The molecule has 0 atom stereocenters. The van der Waals surface area contributed by atoms with Crippen molar-refractivity contribution in [2.45, 2.75) is 59.5 Å². The second-order valence-electron chi connectivity index (χ2n) is 6.11. The lowest BCUT2D eigenvalue weighted by atomic mass is 10.1. The molecule has 2 aromatic heterocycles. The van der Waals surface area contributed by atoms with Gasteiger partial charge in [-0.25, -0.2) is 4.98 Å². The second-order valence-corrected chi connectivity index (χ2v) is 6.11. The number of hydrogen-bond donors (Lipinski definition) is 1. The minimum Gasteiger partial charge on any atom is -0.383 e. The van der Waals surface area contributed by atoms with Crippen molar-refractivity contribution in [3.05, 3.63) is 18.2 Å². The van der Waals surface area contributed by atoms with Gasteiger partial charge in [0, 0.05) is 30.3 Å². The molecule has 5 nitrogen and oxygen atoms in total.